The van der Waals surface area contributed by atoms with Gasteiger partial charge in [0.05, 0.1) is 0 Å². The van der Waals surface area contributed by atoms with E-state index in [1.807, 2.05) is 0 Å². The van der Waals surface area contributed by atoms with Gasteiger partial charge in [-0.1, -0.05) is 139 Å². The van der Waals surface area contributed by atoms with Crippen molar-refractivity contribution in [1.29, 1.82) is 0 Å². The summed E-state index contributed by atoms with van der Waals surface area (Å²) in [5, 5.41) is 5.47. The Labute approximate surface area is 192 Å². The maximum Gasteiger partial charge on any atom is 0.0255 e. The van der Waals surface area contributed by atoms with Crippen LogP contribution in [0.25, 0.3) is 0 Å². The van der Waals surface area contributed by atoms with Gasteiger partial charge in [-0.2, -0.15) is 0 Å². The Hall–Kier alpha value is 0.140. The summed E-state index contributed by atoms with van der Waals surface area (Å²) < 4.78 is 0. The van der Waals surface area contributed by atoms with Gasteiger partial charge in [-0.05, 0) is 27.0 Å². The number of hydrogen-bond donors (Lipinski definition) is 1. The van der Waals surface area contributed by atoms with E-state index in [0.717, 1.165) is 6.42 Å². The summed E-state index contributed by atoms with van der Waals surface area (Å²) in [6.45, 7) is 39.2. The first kappa shape index (κ1) is 28.2. The zero-order chi connectivity index (χ0) is 24.1. The number of dihydropyridines is 1. The fourth-order valence-corrected chi connectivity index (χ4v) is 18.5. The summed E-state index contributed by atoms with van der Waals surface area (Å²) in [4.78, 5) is 0. The highest BCUT2D eigenvalue weighted by Crippen LogP contribution is 2.71. The van der Waals surface area contributed by atoms with E-state index in [9.17, 15) is 0 Å². The summed E-state index contributed by atoms with van der Waals surface area (Å²) in [5.74, 6) is 0. The monoisotopic (exact) mass is 453 g/mol. The number of hydrogen-bond acceptors (Lipinski definition) is 1. The van der Waals surface area contributed by atoms with E-state index in [-0.39, 0.29) is 26.2 Å². The first-order valence-electron chi connectivity index (χ1n) is 11.7. The normalized spacial score (nSPS) is 17.8. The SMILES string of the molecule is CC(C)(C)P(C(C)(C)C)C(C)(C)C1=CCC=C(C(C)(C)P(C(C)(C)C)C(C)(C)C)N1. The standard InChI is InChI=1S/C27H53NP2/c1-22(2,3)29(23(4,5)6)26(13,14)20-18-17-19-21(28-20)27(15,16)30(24(7,8)9)25(10,11)12/h18-19,28H,17H2,1-16H3. The van der Waals surface area contributed by atoms with E-state index >= 15 is 0 Å². The molecule has 1 aliphatic heterocycles. The van der Waals surface area contributed by atoms with Crippen LogP contribution < -0.4 is 5.32 Å². The van der Waals surface area contributed by atoms with Crippen molar-refractivity contribution in [2.24, 2.45) is 0 Å². The van der Waals surface area contributed by atoms with Crippen molar-refractivity contribution in [3.63, 3.8) is 0 Å². The topological polar surface area (TPSA) is 12.0 Å². The van der Waals surface area contributed by atoms with Crippen molar-refractivity contribution in [3.05, 3.63) is 23.5 Å². The maximum absolute atomic E-state index is 4.04. The molecule has 0 bridgehead atoms. The fraction of sp³-hybridized carbons (Fsp3) is 0.852. The zero-order valence-electron chi connectivity index (χ0n) is 23.3. The average molecular weight is 454 g/mol. The minimum absolute atomic E-state index is 0.133. The third kappa shape index (κ3) is 6.13. The molecule has 3 heteroatoms. The molecule has 0 aliphatic carbocycles. The van der Waals surface area contributed by atoms with Crippen LogP contribution >= 0.6 is 15.8 Å². The zero-order valence-corrected chi connectivity index (χ0v) is 25.0. The van der Waals surface area contributed by atoms with Crippen molar-refractivity contribution in [2.45, 2.75) is 148 Å². The molecule has 1 N–H and O–H groups in total. The van der Waals surface area contributed by atoms with Gasteiger partial charge in [0.1, 0.15) is 0 Å². The Morgan fingerprint density at radius 2 is 0.733 bits per heavy atom. The van der Waals surface area contributed by atoms with Crippen molar-refractivity contribution in [3.8, 4) is 0 Å². The van der Waals surface area contributed by atoms with Crippen LogP contribution in [0.15, 0.2) is 23.5 Å². The molecule has 0 fully saturated rings. The number of rotatable bonds is 4. The molecule has 0 atom stereocenters. The molecule has 0 aromatic rings. The summed E-state index contributed by atoms with van der Waals surface area (Å²) in [6, 6.07) is 0. The highest BCUT2D eigenvalue weighted by molar-refractivity contribution is 7.63. The molecule has 0 aromatic heterocycles. The highest BCUT2D eigenvalue weighted by atomic mass is 31.1. The van der Waals surface area contributed by atoms with Crippen molar-refractivity contribution in [2.75, 3.05) is 0 Å². The first-order valence-corrected chi connectivity index (χ1v) is 14.4. The molecule has 30 heavy (non-hydrogen) atoms. The molecule has 1 rings (SSSR count). The van der Waals surface area contributed by atoms with Crippen LogP contribution in [-0.4, -0.2) is 30.9 Å². The second kappa shape index (κ2) is 8.49. The van der Waals surface area contributed by atoms with Crippen molar-refractivity contribution >= 4 is 15.8 Å². The van der Waals surface area contributed by atoms with Crippen LogP contribution in [0.1, 0.15) is 117 Å². The lowest BCUT2D eigenvalue weighted by Crippen LogP contribution is -2.46. The Morgan fingerprint density at radius 3 is 0.933 bits per heavy atom. The molecule has 1 heterocycles. The third-order valence-corrected chi connectivity index (χ3v) is 14.1. The van der Waals surface area contributed by atoms with E-state index in [4.69, 9.17) is 0 Å². The van der Waals surface area contributed by atoms with Gasteiger partial charge >= 0.3 is 0 Å². The largest absolute Gasteiger partial charge is 0.361 e. The molecule has 0 radical (unpaired) electrons. The molecule has 0 saturated carbocycles. The van der Waals surface area contributed by atoms with Crippen LogP contribution in [0.3, 0.4) is 0 Å². The van der Waals surface area contributed by atoms with Gasteiger partial charge in [0, 0.05) is 21.7 Å². The van der Waals surface area contributed by atoms with Crippen LogP contribution in [0.5, 0.6) is 0 Å². The predicted molar refractivity (Wildman–Crippen MR) is 145 cm³/mol. The molecule has 0 spiro atoms. The Kier molecular flexibility index (Phi) is 7.97. The van der Waals surface area contributed by atoms with Crippen molar-refractivity contribution < 1.29 is 0 Å². The van der Waals surface area contributed by atoms with Gasteiger partial charge in [-0.25, -0.2) is 0 Å². The molecule has 176 valence electrons. The van der Waals surface area contributed by atoms with E-state index in [1.54, 1.807) is 0 Å². The van der Waals surface area contributed by atoms with Gasteiger partial charge in [0.15, 0.2) is 0 Å². The van der Waals surface area contributed by atoms with Crippen LogP contribution in [-0.2, 0) is 0 Å². The average Bonchev–Trinajstić information content (AvgIpc) is 2.39. The fourth-order valence-electron chi connectivity index (χ4n) is 6.95. The lowest BCUT2D eigenvalue weighted by molar-refractivity contribution is 0.598. The third-order valence-electron chi connectivity index (χ3n) is 6.03. The summed E-state index contributed by atoms with van der Waals surface area (Å²) in [7, 11) is -0.554. The van der Waals surface area contributed by atoms with Crippen LogP contribution in [0.4, 0.5) is 0 Å². The lowest BCUT2D eigenvalue weighted by Gasteiger charge is -2.55. The maximum atomic E-state index is 4.04. The van der Waals surface area contributed by atoms with E-state index in [0.29, 0.717) is 20.6 Å². The lowest BCUT2D eigenvalue weighted by atomic mass is 9.99. The van der Waals surface area contributed by atoms with Crippen molar-refractivity contribution in [1.82, 2.24) is 5.32 Å². The Balaban J connectivity index is 3.40. The molecular formula is C27H53NP2. The molecule has 0 aromatic carbocycles. The summed E-state index contributed by atoms with van der Waals surface area (Å²) in [5.41, 5.74) is 2.89. The molecule has 0 unspecified atom stereocenters. The van der Waals surface area contributed by atoms with E-state index in [2.05, 4.69) is 128 Å². The number of nitrogens with one attached hydrogen (secondary N) is 1. The Morgan fingerprint density at radius 1 is 0.500 bits per heavy atom. The minimum atomic E-state index is -0.277. The molecule has 0 amide bonds. The molecule has 1 aliphatic rings. The smallest absolute Gasteiger partial charge is 0.0255 e. The second-order valence-electron chi connectivity index (χ2n) is 14.1. The van der Waals surface area contributed by atoms with Gasteiger partial charge in [0.25, 0.3) is 0 Å². The predicted octanol–water partition coefficient (Wildman–Crippen LogP) is 9.46. The van der Waals surface area contributed by atoms with E-state index in [1.165, 1.54) is 11.4 Å². The van der Waals surface area contributed by atoms with Gasteiger partial charge < -0.3 is 5.32 Å². The first-order chi connectivity index (χ1) is 12.9. The van der Waals surface area contributed by atoms with Crippen LogP contribution in [0, 0.1) is 0 Å². The summed E-state index contributed by atoms with van der Waals surface area (Å²) in [6.07, 6.45) is 5.96. The van der Waals surface area contributed by atoms with Crippen LogP contribution in [0.2, 0.25) is 0 Å². The van der Waals surface area contributed by atoms with Gasteiger partial charge in [-0.15, -0.1) is 0 Å². The highest BCUT2D eigenvalue weighted by Gasteiger charge is 2.50. The molecule has 0 saturated heterocycles. The Bertz CT molecular complexity index is 582. The quantitative estimate of drug-likeness (QED) is 0.418. The number of allylic oxidation sites excluding steroid dienone is 4. The van der Waals surface area contributed by atoms with E-state index < -0.39 is 0 Å². The minimum Gasteiger partial charge on any atom is -0.361 e. The summed E-state index contributed by atoms with van der Waals surface area (Å²) >= 11 is 0. The molecule has 1 nitrogen and oxygen atoms in total. The van der Waals surface area contributed by atoms with Gasteiger partial charge in [-0.3, -0.25) is 0 Å². The molecular weight excluding hydrogens is 400 g/mol. The van der Waals surface area contributed by atoms with Gasteiger partial charge in [0.2, 0.25) is 0 Å². The second-order valence-corrected chi connectivity index (χ2v) is 23.0.